The predicted octanol–water partition coefficient (Wildman–Crippen LogP) is 6.31. The van der Waals surface area contributed by atoms with Crippen LogP contribution in [0.2, 0.25) is 5.02 Å². The van der Waals surface area contributed by atoms with E-state index < -0.39 is 0 Å². The molecule has 0 radical (unpaired) electrons. The van der Waals surface area contributed by atoms with Crippen LogP contribution >= 0.6 is 23.4 Å². The van der Waals surface area contributed by atoms with Gasteiger partial charge < -0.3 is 0 Å². The van der Waals surface area contributed by atoms with Crippen LogP contribution in [0.4, 0.5) is 0 Å². The first-order chi connectivity index (χ1) is 8.93. The van der Waals surface area contributed by atoms with Crippen molar-refractivity contribution in [1.82, 2.24) is 0 Å². The lowest BCUT2D eigenvalue weighted by atomic mass is 10.0. The third-order valence-corrected chi connectivity index (χ3v) is 4.33. The Morgan fingerprint density at radius 1 is 1.37 bits per heavy atom. The number of aryl methyl sites for hydroxylation is 1. The largest absolute Gasteiger partial charge is 0.0985 e. The first kappa shape index (κ1) is 16.1. The van der Waals surface area contributed by atoms with Crippen LogP contribution < -0.4 is 0 Å². The van der Waals surface area contributed by atoms with Gasteiger partial charge in [-0.05, 0) is 60.9 Å². The van der Waals surface area contributed by atoms with E-state index in [1.807, 2.05) is 12.1 Å². The molecular formula is C17H21ClS. The fraction of sp³-hybridized carbons (Fsp3) is 0.294. The maximum Gasteiger partial charge on any atom is 0.0409 e. The van der Waals surface area contributed by atoms with Crippen molar-refractivity contribution < 1.29 is 0 Å². The molecule has 0 aliphatic rings. The van der Waals surface area contributed by atoms with Gasteiger partial charge in [0, 0.05) is 9.93 Å². The van der Waals surface area contributed by atoms with Gasteiger partial charge in [-0.15, -0.1) is 0 Å². The average molecular weight is 293 g/mol. The van der Waals surface area contributed by atoms with E-state index in [1.165, 1.54) is 16.7 Å². The molecule has 0 N–H and O–H groups in total. The van der Waals surface area contributed by atoms with E-state index in [1.54, 1.807) is 11.8 Å². The molecule has 0 aliphatic heterocycles. The Hall–Kier alpha value is -0.920. The van der Waals surface area contributed by atoms with Crippen LogP contribution in [0.25, 0.3) is 0 Å². The van der Waals surface area contributed by atoms with Gasteiger partial charge in [0.15, 0.2) is 0 Å². The Balaban J connectivity index is 2.69. The Morgan fingerprint density at radius 3 is 2.68 bits per heavy atom. The molecular weight excluding hydrogens is 272 g/mol. The van der Waals surface area contributed by atoms with Crippen LogP contribution in [0.5, 0.6) is 0 Å². The van der Waals surface area contributed by atoms with Crippen molar-refractivity contribution in [2.45, 2.75) is 33.6 Å². The van der Waals surface area contributed by atoms with E-state index in [-0.39, 0.29) is 0 Å². The van der Waals surface area contributed by atoms with Crippen molar-refractivity contribution in [1.29, 1.82) is 0 Å². The monoisotopic (exact) mass is 292 g/mol. The summed E-state index contributed by atoms with van der Waals surface area (Å²) in [7, 11) is 0. The van der Waals surface area contributed by atoms with Gasteiger partial charge in [-0.2, -0.15) is 0 Å². The van der Waals surface area contributed by atoms with Gasteiger partial charge in [-0.3, -0.25) is 0 Å². The fourth-order valence-electron chi connectivity index (χ4n) is 1.62. The molecule has 0 aliphatic carbocycles. The minimum atomic E-state index is 0.796. The molecule has 0 bridgehead atoms. The minimum Gasteiger partial charge on any atom is -0.0985 e. The van der Waals surface area contributed by atoms with Crippen molar-refractivity contribution in [2.24, 2.45) is 0 Å². The van der Waals surface area contributed by atoms with E-state index in [9.17, 15) is 0 Å². The lowest BCUT2D eigenvalue weighted by molar-refractivity contribution is 1.12. The molecule has 0 fully saturated rings. The second kappa shape index (κ2) is 7.62. The maximum atomic E-state index is 6.04. The number of hydrogen-bond donors (Lipinski definition) is 0. The van der Waals surface area contributed by atoms with E-state index in [0.29, 0.717) is 0 Å². The molecule has 0 unspecified atom stereocenters. The standard InChI is InChI=1S/C17H21ClS/c1-6-13(3)15(5)19-11-12(2)9-16-10-17(18)8-7-14(16)4/h7-8,10-11H,3,5-6,9H2,1-2,4H3/b12-11+. The molecule has 0 saturated carbocycles. The molecule has 0 nitrogen and oxygen atoms in total. The number of halogens is 1. The van der Waals surface area contributed by atoms with Crippen molar-refractivity contribution >= 4 is 23.4 Å². The highest BCUT2D eigenvalue weighted by Gasteiger charge is 2.02. The number of allylic oxidation sites excluding steroid dienone is 2. The highest BCUT2D eigenvalue weighted by molar-refractivity contribution is 8.06. The summed E-state index contributed by atoms with van der Waals surface area (Å²) in [6, 6.07) is 6.04. The summed E-state index contributed by atoms with van der Waals surface area (Å²) < 4.78 is 0. The van der Waals surface area contributed by atoms with Gasteiger partial charge in [0.1, 0.15) is 0 Å². The number of thioether (sulfide) groups is 1. The molecule has 0 spiro atoms. The van der Waals surface area contributed by atoms with Crippen LogP contribution in [-0.2, 0) is 6.42 Å². The summed E-state index contributed by atoms with van der Waals surface area (Å²) in [4.78, 5) is 1.05. The Labute approximate surface area is 126 Å². The zero-order valence-corrected chi connectivity index (χ0v) is 13.5. The summed E-state index contributed by atoms with van der Waals surface area (Å²) >= 11 is 7.70. The zero-order chi connectivity index (χ0) is 14.4. The maximum absolute atomic E-state index is 6.04. The van der Waals surface area contributed by atoms with E-state index in [0.717, 1.165) is 28.3 Å². The van der Waals surface area contributed by atoms with Gasteiger partial charge in [0.05, 0.1) is 0 Å². The smallest absolute Gasteiger partial charge is 0.0409 e. The Bertz CT molecular complexity index is 512. The van der Waals surface area contributed by atoms with Crippen molar-refractivity contribution in [3.8, 4) is 0 Å². The van der Waals surface area contributed by atoms with E-state index in [4.69, 9.17) is 11.6 Å². The van der Waals surface area contributed by atoms with E-state index >= 15 is 0 Å². The summed E-state index contributed by atoms with van der Waals surface area (Å²) in [6.45, 7) is 14.4. The first-order valence-corrected chi connectivity index (χ1v) is 7.64. The summed E-state index contributed by atoms with van der Waals surface area (Å²) in [5.74, 6) is 0. The number of hydrogen-bond acceptors (Lipinski definition) is 1. The van der Waals surface area contributed by atoms with Gasteiger partial charge >= 0.3 is 0 Å². The Kier molecular flexibility index (Phi) is 6.47. The lowest BCUT2D eigenvalue weighted by Gasteiger charge is -2.08. The third kappa shape index (κ3) is 5.30. The lowest BCUT2D eigenvalue weighted by Crippen LogP contribution is -1.91. The molecule has 19 heavy (non-hydrogen) atoms. The topological polar surface area (TPSA) is 0 Å². The second-order valence-corrected chi connectivity index (χ2v) is 6.11. The van der Waals surface area contributed by atoms with Gasteiger partial charge in [-0.1, -0.05) is 55.1 Å². The van der Waals surface area contributed by atoms with E-state index in [2.05, 4.69) is 45.4 Å². The summed E-state index contributed by atoms with van der Waals surface area (Å²) in [5.41, 5.74) is 4.97. The predicted molar refractivity (Wildman–Crippen MR) is 89.8 cm³/mol. The molecule has 1 aromatic rings. The molecule has 0 heterocycles. The van der Waals surface area contributed by atoms with Gasteiger partial charge in [-0.25, -0.2) is 0 Å². The zero-order valence-electron chi connectivity index (χ0n) is 11.9. The minimum absolute atomic E-state index is 0.796. The Morgan fingerprint density at radius 2 is 2.05 bits per heavy atom. The van der Waals surface area contributed by atoms with Crippen molar-refractivity contribution in [3.63, 3.8) is 0 Å². The third-order valence-electron chi connectivity index (χ3n) is 3.00. The number of benzene rings is 1. The fourth-order valence-corrected chi connectivity index (χ4v) is 2.56. The quantitative estimate of drug-likeness (QED) is 0.554. The highest BCUT2D eigenvalue weighted by Crippen LogP contribution is 2.26. The molecule has 1 aromatic carbocycles. The summed E-state index contributed by atoms with van der Waals surface area (Å²) in [5, 5.41) is 2.95. The van der Waals surface area contributed by atoms with Crippen LogP contribution in [0.3, 0.4) is 0 Å². The van der Waals surface area contributed by atoms with Crippen LogP contribution in [-0.4, -0.2) is 0 Å². The molecule has 2 heteroatoms. The molecule has 0 saturated heterocycles. The number of rotatable bonds is 6. The molecule has 102 valence electrons. The molecule has 0 amide bonds. The van der Waals surface area contributed by atoms with Gasteiger partial charge in [0.25, 0.3) is 0 Å². The van der Waals surface area contributed by atoms with Crippen molar-refractivity contribution in [2.75, 3.05) is 0 Å². The average Bonchev–Trinajstić information content (AvgIpc) is 2.39. The first-order valence-electron chi connectivity index (χ1n) is 6.38. The van der Waals surface area contributed by atoms with Crippen LogP contribution in [0, 0.1) is 6.92 Å². The normalized spacial score (nSPS) is 11.5. The highest BCUT2D eigenvalue weighted by atomic mass is 35.5. The molecule has 0 atom stereocenters. The van der Waals surface area contributed by atoms with Gasteiger partial charge in [0.2, 0.25) is 0 Å². The van der Waals surface area contributed by atoms with Crippen LogP contribution in [0.1, 0.15) is 31.4 Å². The van der Waals surface area contributed by atoms with Crippen LogP contribution in [0.15, 0.2) is 52.8 Å². The molecule has 0 aromatic heterocycles. The second-order valence-electron chi connectivity index (χ2n) is 4.71. The van der Waals surface area contributed by atoms with Crippen molar-refractivity contribution in [3.05, 3.63) is 69.0 Å². The molecule has 1 rings (SSSR count). The summed E-state index contributed by atoms with van der Waals surface area (Å²) in [6.07, 6.45) is 1.87. The SMILES string of the molecule is C=C(CC)C(=C)S/C=C(\C)Cc1cc(Cl)ccc1C.